The number of aromatic nitrogens is 4. The van der Waals surface area contributed by atoms with E-state index in [1.807, 2.05) is 24.3 Å². The molecule has 0 radical (unpaired) electrons. The largest absolute Gasteiger partial charge is 0.381 e. The molecule has 0 spiro atoms. The smallest absolute Gasteiger partial charge is 0.277 e. The zero-order chi connectivity index (χ0) is 19.8. The van der Waals surface area contributed by atoms with Crippen molar-refractivity contribution in [3.05, 3.63) is 70.3 Å². The molecule has 0 aliphatic carbocycles. The molecule has 1 aliphatic rings. The number of hydrogen-bond acceptors (Lipinski definition) is 3. The van der Waals surface area contributed by atoms with Crippen LogP contribution in [0.3, 0.4) is 0 Å². The summed E-state index contributed by atoms with van der Waals surface area (Å²) in [5.74, 6) is 0.521. The maximum absolute atomic E-state index is 13.4. The number of fused-ring (bicyclic) bond motifs is 1. The van der Waals surface area contributed by atoms with Gasteiger partial charge in [-0.05, 0) is 61.6 Å². The van der Waals surface area contributed by atoms with Gasteiger partial charge < -0.3 is 9.72 Å². The lowest BCUT2D eigenvalue weighted by atomic mass is 9.91. The van der Waals surface area contributed by atoms with Gasteiger partial charge in [-0.2, -0.15) is 4.68 Å². The third-order valence-electron chi connectivity index (χ3n) is 5.54. The maximum Gasteiger partial charge on any atom is 0.277 e. The van der Waals surface area contributed by atoms with Crippen molar-refractivity contribution in [3.8, 4) is 17.2 Å². The van der Waals surface area contributed by atoms with E-state index in [0.29, 0.717) is 29.5 Å². The van der Waals surface area contributed by atoms with Crippen LogP contribution in [0.25, 0.3) is 28.2 Å². The zero-order valence-electron chi connectivity index (χ0n) is 15.8. The van der Waals surface area contributed by atoms with E-state index >= 15 is 0 Å². The van der Waals surface area contributed by atoms with Crippen molar-refractivity contribution in [2.45, 2.75) is 19.3 Å². The Balaban J connectivity index is 1.62. The monoisotopic (exact) mass is 392 g/mol. The molecule has 3 heterocycles. The van der Waals surface area contributed by atoms with E-state index in [2.05, 4.69) is 15.1 Å². The number of aromatic amines is 2. The lowest BCUT2D eigenvalue weighted by molar-refractivity contribution is 0.0665. The predicted octanol–water partition coefficient (Wildman–Crippen LogP) is 3.82. The molecule has 0 atom stereocenters. The lowest BCUT2D eigenvalue weighted by Gasteiger charge is -2.21. The number of H-pyrrole nitrogens is 2. The van der Waals surface area contributed by atoms with E-state index in [4.69, 9.17) is 4.74 Å². The Morgan fingerprint density at radius 3 is 2.62 bits per heavy atom. The minimum absolute atomic E-state index is 0.130. The Morgan fingerprint density at radius 2 is 1.86 bits per heavy atom. The number of para-hydroxylation sites is 2. The van der Waals surface area contributed by atoms with Crippen molar-refractivity contribution >= 4 is 11.0 Å². The first-order chi connectivity index (χ1) is 14.2. The second-order valence-electron chi connectivity index (χ2n) is 7.45. The molecule has 1 aliphatic heterocycles. The average Bonchev–Trinajstić information content (AvgIpc) is 3.31. The number of benzene rings is 2. The highest BCUT2D eigenvalue weighted by atomic mass is 19.1. The van der Waals surface area contributed by atoms with Gasteiger partial charge >= 0.3 is 0 Å². The van der Waals surface area contributed by atoms with Crippen LogP contribution in [0.1, 0.15) is 18.4 Å². The van der Waals surface area contributed by atoms with E-state index in [0.717, 1.165) is 42.7 Å². The molecule has 2 aromatic heterocycles. The summed E-state index contributed by atoms with van der Waals surface area (Å²) in [4.78, 5) is 21.1. The fourth-order valence-corrected chi connectivity index (χ4v) is 3.95. The number of ether oxygens (including phenoxy) is 1. The Labute approximate surface area is 166 Å². The summed E-state index contributed by atoms with van der Waals surface area (Å²) < 4.78 is 20.3. The first kappa shape index (κ1) is 17.9. The Bertz CT molecular complexity index is 1170. The minimum atomic E-state index is -0.307. The molecular formula is C22H21FN4O2. The highest BCUT2D eigenvalue weighted by Gasteiger charge is 2.23. The number of nitrogens with zero attached hydrogens (tertiary/aromatic N) is 2. The highest BCUT2D eigenvalue weighted by Crippen LogP contribution is 2.26. The Hall–Kier alpha value is -3.19. The van der Waals surface area contributed by atoms with Gasteiger partial charge in [-0.15, -0.1) is 0 Å². The van der Waals surface area contributed by atoms with Crippen molar-refractivity contribution in [1.29, 1.82) is 0 Å². The molecule has 0 saturated carbocycles. The molecule has 2 aromatic carbocycles. The van der Waals surface area contributed by atoms with Crippen LogP contribution in [0.4, 0.5) is 4.39 Å². The molecule has 0 amide bonds. The van der Waals surface area contributed by atoms with E-state index in [-0.39, 0.29) is 11.4 Å². The molecule has 1 saturated heterocycles. The van der Waals surface area contributed by atoms with E-state index < -0.39 is 0 Å². The van der Waals surface area contributed by atoms with Crippen LogP contribution in [-0.4, -0.2) is 33.0 Å². The van der Waals surface area contributed by atoms with E-state index in [1.165, 1.54) is 16.8 Å². The molecular weight excluding hydrogens is 371 g/mol. The van der Waals surface area contributed by atoms with Gasteiger partial charge in [-0.1, -0.05) is 12.1 Å². The molecule has 6 nitrogen and oxygen atoms in total. The second-order valence-corrected chi connectivity index (χ2v) is 7.45. The van der Waals surface area contributed by atoms with Crippen molar-refractivity contribution in [1.82, 2.24) is 19.7 Å². The third kappa shape index (κ3) is 3.38. The van der Waals surface area contributed by atoms with Crippen molar-refractivity contribution in [2.75, 3.05) is 13.2 Å². The van der Waals surface area contributed by atoms with Crippen LogP contribution in [0, 0.1) is 11.7 Å². The molecule has 4 aromatic rings. The SMILES string of the molecule is O=c1c(CC2CCOCC2)c(-c2ccc(F)cc2)[nH]n1-c1nc2ccccc2[nH]1. The summed E-state index contributed by atoms with van der Waals surface area (Å²) in [6, 6.07) is 13.8. The molecule has 0 unspecified atom stereocenters. The van der Waals surface area contributed by atoms with Gasteiger partial charge in [0.15, 0.2) is 0 Å². The standard InChI is InChI=1S/C22H21FN4O2/c23-16-7-5-15(6-8-16)20-17(13-14-9-11-29-12-10-14)21(28)27(26-20)22-24-18-3-1-2-4-19(18)25-22/h1-8,14,26H,9-13H2,(H,24,25). The van der Waals surface area contributed by atoms with Crippen LogP contribution >= 0.6 is 0 Å². The molecule has 0 bridgehead atoms. The van der Waals surface area contributed by atoms with Gasteiger partial charge in [-0.25, -0.2) is 9.37 Å². The topological polar surface area (TPSA) is 75.7 Å². The summed E-state index contributed by atoms with van der Waals surface area (Å²) in [5, 5.41) is 3.21. The van der Waals surface area contributed by atoms with Crippen molar-refractivity contribution in [3.63, 3.8) is 0 Å². The third-order valence-corrected chi connectivity index (χ3v) is 5.54. The number of imidazole rings is 1. The highest BCUT2D eigenvalue weighted by molar-refractivity contribution is 5.76. The van der Waals surface area contributed by atoms with Gasteiger partial charge in [-0.3, -0.25) is 9.89 Å². The average molecular weight is 392 g/mol. The van der Waals surface area contributed by atoms with E-state index in [9.17, 15) is 9.18 Å². The van der Waals surface area contributed by atoms with Gasteiger partial charge in [0, 0.05) is 24.3 Å². The van der Waals surface area contributed by atoms with Crippen molar-refractivity contribution in [2.24, 2.45) is 5.92 Å². The van der Waals surface area contributed by atoms with Crippen molar-refractivity contribution < 1.29 is 9.13 Å². The van der Waals surface area contributed by atoms with Crippen LogP contribution < -0.4 is 5.56 Å². The molecule has 5 rings (SSSR count). The second kappa shape index (κ2) is 7.33. The maximum atomic E-state index is 13.4. The zero-order valence-corrected chi connectivity index (χ0v) is 15.8. The molecule has 148 valence electrons. The number of hydrogen-bond donors (Lipinski definition) is 2. The first-order valence-corrected chi connectivity index (χ1v) is 9.82. The van der Waals surface area contributed by atoms with Crippen LogP contribution in [-0.2, 0) is 11.2 Å². The summed E-state index contributed by atoms with van der Waals surface area (Å²) in [5.41, 5.74) is 3.71. The normalized spacial score (nSPS) is 15.2. The van der Waals surface area contributed by atoms with Gasteiger partial charge in [0.05, 0.1) is 16.7 Å². The summed E-state index contributed by atoms with van der Waals surface area (Å²) in [6.45, 7) is 1.44. The predicted molar refractivity (Wildman–Crippen MR) is 109 cm³/mol. The molecule has 2 N–H and O–H groups in total. The first-order valence-electron chi connectivity index (χ1n) is 9.82. The summed E-state index contributed by atoms with van der Waals surface area (Å²) >= 11 is 0. The molecule has 29 heavy (non-hydrogen) atoms. The Kier molecular flexibility index (Phi) is 4.52. The number of nitrogens with one attached hydrogen (secondary N) is 2. The van der Waals surface area contributed by atoms with Gasteiger partial charge in [0.1, 0.15) is 5.82 Å². The lowest BCUT2D eigenvalue weighted by Crippen LogP contribution is -2.23. The summed E-state index contributed by atoms with van der Waals surface area (Å²) in [6.07, 6.45) is 2.51. The van der Waals surface area contributed by atoms with Gasteiger partial charge in [0.2, 0.25) is 5.95 Å². The molecule has 7 heteroatoms. The van der Waals surface area contributed by atoms with Crippen LogP contribution in [0.15, 0.2) is 53.3 Å². The Morgan fingerprint density at radius 1 is 1.10 bits per heavy atom. The fourth-order valence-electron chi connectivity index (χ4n) is 3.95. The van der Waals surface area contributed by atoms with Crippen LogP contribution in [0.2, 0.25) is 0 Å². The fraction of sp³-hybridized carbons (Fsp3) is 0.273. The number of halogens is 1. The summed E-state index contributed by atoms with van der Waals surface area (Å²) in [7, 11) is 0. The van der Waals surface area contributed by atoms with E-state index in [1.54, 1.807) is 12.1 Å². The number of rotatable bonds is 4. The molecule has 1 fully saturated rings. The quantitative estimate of drug-likeness (QED) is 0.554. The minimum Gasteiger partial charge on any atom is -0.381 e. The van der Waals surface area contributed by atoms with Gasteiger partial charge in [0.25, 0.3) is 5.56 Å². The van der Waals surface area contributed by atoms with Crippen LogP contribution in [0.5, 0.6) is 0 Å².